The first-order valence-electron chi connectivity index (χ1n) is 9.55. The molecule has 0 bridgehead atoms. The monoisotopic (exact) mass is 423 g/mol. The number of hydrogen-bond acceptors (Lipinski definition) is 5. The van der Waals surface area contributed by atoms with Crippen molar-refractivity contribution in [2.24, 2.45) is 0 Å². The second-order valence-corrected chi connectivity index (χ2v) is 8.38. The summed E-state index contributed by atoms with van der Waals surface area (Å²) >= 11 is 6.20. The minimum Gasteiger partial charge on any atom is -0.493 e. The van der Waals surface area contributed by atoms with E-state index >= 15 is 0 Å². The quantitative estimate of drug-likeness (QED) is 0.711. The van der Waals surface area contributed by atoms with Crippen molar-refractivity contribution in [3.8, 4) is 11.5 Å². The maximum absolute atomic E-state index is 12.5. The number of nitrogens with zero attached hydrogens (tertiary/aromatic N) is 2. The number of nitrogens with one attached hydrogen (secondary N) is 1. The Balaban J connectivity index is 1.90. The first-order valence-corrected chi connectivity index (χ1v) is 9.92. The Labute approximate surface area is 177 Å². The molecule has 7 nitrogen and oxygen atoms in total. The summed E-state index contributed by atoms with van der Waals surface area (Å²) in [7, 11) is 3.06. The van der Waals surface area contributed by atoms with E-state index in [9.17, 15) is 9.59 Å². The molecule has 1 aromatic rings. The predicted molar refractivity (Wildman–Crippen MR) is 115 cm³/mol. The molecule has 1 aromatic carbocycles. The molecule has 160 valence electrons. The molecular formula is C21H30ClN3O4. The molecule has 0 saturated carbocycles. The lowest BCUT2D eigenvalue weighted by atomic mass is 10.1. The van der Waals surface area contributed by atoms with E-state index in [4.69, 9.17) is 21.1 Å². The lowest BCUT2D eigenvalue weighted by molar-refractivity contribution is -0.128. The number of amides is 2. The molecule has 2 amide bonds. The molecule has 8 heteroatoms. The first kappa shape index (κ1) is 23.0. The topological polar surface area (TPSA) is 71.1 Å². The van der Waals surface area contributed by atoms with Gasteiger partial charge in [0.2, 0.25) is 11.8 Å². The highest BCUT2D eigenvalue weighted by molar-refractivity contribution is 6.32. The van der Waals surface area contributed by atoms with Crippen molar-refractivity contribution in [2.45, 2.75) is 26.3 Å². The Hall–Kier alpha value is -2.25. The van der Waals surface area contributed by atoms with Gasteiger partial charge in [0.15, 0.2) is 11.5 Å². The highest BCUT2D eigenvalue weighted by Gasteiger charge is 2.22. The molecule has 0 aromatic heterocycles. The number of rotatable bonds is 6. The molecule has 0 aliphatic carbocycles. The minimum absolute atomic E-state index is 0.00232. The molecule has 1 aliphatic heterocycles. The smallest absolute Gasteiger partial charge is 0.246 e. The summed E-state index contributed by atoms with van der Waals surface area (Å²) in [5.41, 5.74) is 0.505. The van der Waals surface area contributed by atoms with E-state index in [1.54, 1.807) is 23.1 Å². The van der Waals surface area contributed by atoms with Crippen LogP contribution in [0.3, 0.4) is 0 Å². The predicted octanol–water partition coefficient (Wildman–Crippen LogP) is 2.43. The second kappa shape index (κ2) is 9.98. The van der Waals surface area contributed by atoms with Crippen molar-refractivity contribution in [3.63, 3.8) is 0 Å². The van der Waals surface area contributed by atoms with Crippen LogP contribution in [0.2, 0.25) is 5.02 Å². The molecule has 1 saturated heterocycles. The number of hydrogen-bond donors (Lipinski definition) is 1. The molecular weight excluding hydrogens is 394 g/mol. The SMILES string of the molecule is COc1cc(/C=C/C(=O)N2CCN(CC(=O)NC(C)(C)C)CC2)cc(Cl)c1OC. The van der Waals surface area contributed by atoms with Gasteiger partial charge < -0.3 is 19.7 Å². The molecule has 1 aliphatic rings. The fraction of sp³-hybridized carbons (Fsp3) is 0.524. The van der Waals surface area contributed by atoms with E-state index in [1.807, 2.05) is 20.8 Å². The van der Waals surface area contributed by atoms with Crippen LogP contribution in [-0.2, 0) is 9.59 Å². The van der Waals surface area contributed by atoms with Crippen LogP contribution in [0.15, 0.2) is 18.2 Å². The number of benzene rings is 1. The molecule has 0 radical (unpaired) electrons. The number of halogens is 1. The largest absolute Gasteiger partial charge is 0.493 e. The summed E-state index contributed by atoms with van der Waals surface area (Å²) in [5, 5.41) is 3.38. The summed E-state index contributed by atoms with van der Waals surface area (Å²) < 4.78 is 10.5. The van der Waals surface area contributed by atoms with E-state index in [-0.39, 0.29) is 17.4 Å². The molecule has 1 heterocycles. The standard InChI is InChI=1S/C21H30ClN3O4/c1-21(2,3)23-18(26)14-24-8-10-25(11-9-24)19(27)7-6-15-12-16(22)20(29-5)17(13-15)28-4/h6-7,12-13H,8-11,14H2,1-5H3,(H,23,26)/b7-6+. The van der Waals surface area contributed by atoms with Gasteiger partial charge in [0.1, 0.15) is 0 Å². The average Bonchev–Trinajstić information content (AvgIpc) is 2.64. The zero-order valence-electron chi connectivity index (χ0n) is 17.8. The van der Waals surface area contributed by atoms with Crippen molar-refractivity contribution in [1.29, 1.82) is 0 Å². The van der Waals surface area contributed by atoms with Crippen molar-refractivity contribution >= 4 is 29.5 Å². The van der Waals surface area contributed by atoms with Gasteiger partial charge in [-0.25, -0.2) is 0 Å². The van der Waals surface area contributed by atoms with Crippen LogP contribution in [0, 0.1) is 0 Å². The van der Waals surface area contributed by atoms with Crippen LogP contribution in [0.25, 0.3) is 6.08 Å². The van der Waals surface area contributed by atoms with Crippen molar-refractivity contribution in [1.82, 2.24) is 15.1 Å². The maximum atomic E-state index is 12.5. The van der Waals surface area contributed by atoms with Crippen molar-refractivity contribution < 1.29 is 19.1 Å². The van der Waals surface area contributed by atoms with Gasteiger partial charge in [-0.15, -0.1) is 0 Å². The lowest BCUT2D eigenvalue weighted by Crippen LogP contribution is -2.52. The van der Waals surface area contributed by atoms with Crippen LogP contribution in [0.1, 0.15) is 26.3 Å². The van der Waals surface area contributed by atoms with E-state index < -0.39 is 0 Å². The van der Waals surface area contributed by atoms with Gasteiger partial charge in [0.05, 0.1) is 25.8 Å². The summed E-state index contributed by atoms with van der Waals surface area (Å²) in [6, 6.07) is 3.48. The fourth-order valence-corrected chi connectivity index (χ4v) is 3.39. The van der Waals surface area contributed by atoms with Gasteiger partial charge in [-0.1, -0.05) is 11.6 Å². The molecule has 0 unspecified atom stereocenters. The third-order valence-corrected chi connectivity index (χ3v) is 4.72. The molecule has 1 N–H and O–H groups in total. The normalized spacial score (nSPS) is 15.4. The average molecular weight is 424 g/mol. The highest BCUT2D eigenvalue weighted by atomic mass is 35.5. The number of piperazine rings is 1. The summed E-state index contributed by atoms with van der Waals surface area (Å²) in [5.74, 6) is 0.899. The van der Waals surface area contributed by atoms with Crippen LogP contribution < -0.4 is 14.8 Å². The van der Waals surface area contributed by atoms with Gasteiger partial charge in [0, 0.05) is 37.8 Å². The van der Waals surface area contributed by atoms with E-state index in [0.717, 1.165) is 5.56 Å². The van der Waals surface area contributed by atoms with Gasteiger partial charge in [-0.05, 0) is 44.5 Å². The summed E-state index contributed by atoms with van der Waals surface area (Å²) in [6.07, 6.45) is 3.23. The number of carbonyl (C=O) groups excluding carboxylic acids is 2. The Kier molecular flexibility index (Phi) is 7.93. The van der Waals surface area contributed by atoms with E-state index in [0.29, 0.717) is 49.2 Å². The molecule has 0 atom stereocenters. The Morgan fingerprint density at radius 2 is 1.79 bits per heavy atom. The maximum Gasteiger partial charge on any atom is 0.246 e. The molecule has 1 fully saturated rings. The van der Waals surface area contributed by atoms with Crippen molar-refractivity contribution in [2.75, 3.05) is 46.9 Å². The first-order chi connectivity index (χ1) is 13.6. The van der Waals surface area contributed by atoms with Gasteiger partial charge in [-0.3, -0.25) is 14.5 Å². The number of methoxy groups -OCH3 is 2. The minimum atomic E-state index is -0.243. The van der Waals surface area contributed by atoms with E-state index in [2.05, 4.69) is 10.2 Å². The van der Waals surface area contributed by atoms with Gasteiger partial charge in [-0.2, -0.15) is 0 Å². The van der Waals surface area contributed by atoms with Crippen LogP contribution >= 0.6 is 11.6 Å². The zero-order valence-corrected chi connectivity index (χ0v) is 18.5. The summed E-state index contributed by atoms with van der Waals surface area (Å²) in [4.78, 5) is 28.4. The lowest BCUT2D eigenvalue weighted by Gasteiger charge is -2.34. The van der Waals surface area contributed by atoms with Crippen LogP contribution in [-0.4, -0.2) is 74.1 Å². The Morgan fingerprint density at radius 1 is 1.14 bits per heavy atom. The third-order valence-electron chi connectivity index (χ3n) is 4.44. The second-order valence-electron chi connectivity index (χ2n) is 7.97. The fourth-order valence-electron chi connectivity index (χ4n) is 3.09. The summed E-state index contributed by atoms with van der Waals surface area (Å²) in [6.45, 7) is 8.72. The Morgan fingerprint density at radius 3 is 2.34 bits per heavy atom. The van der Waals surface area contributed by atoms with E-state index in [1.165, 1.54) is 20.3 Å². The van der Waals surface area contributed by atoms with Gasteiger partial charge in [0.25, 0.3) is 0 Å². The zero-order chi connectivity index (χ0) is 21.6. The van der Waals surface area contributed by atoms with Gasteiger partial charge >= 0.3 is 0 Å². The van der Waals surface area contributed by atoms with Crippen LogP contribution in [0.4, 0.5) is 0 Å². The van der Waals surface area contributed by atoms with Crippen molar-refractivity contribution in [3.05, 3.63) is 28.8 Å². The number of carbonyl (C=O) groups is 2. The molecule has 0 spiro atoms. The highest BCUT2D eigenvalue weighted by Crippen LogP contribution is 2.36. The molecule has 29 heavy (non-hydrogen) atoms. The number of ether oxygens (including phenoxy) is 2. The molecule has 2 rings (SSSR count). The Bertz CT molecular complexity index is 766. The van der Waals surface area contributed by atoms with Crippen LogP contribution in [0.5, 0.6) is 11.5 Å². The third kappa shape index (κ3) is 6.94.